The molecule has 1 atom stereocenters. The average Bonchev–Trinajstić information content (AvgIpc) is 2.87. The second-order valence-corrected chi connectivity index (χ2v) is 6.50. The fourth-order valence-electron chi connectivity index (χ4n) is 2.43. The molecule has 2 rings (SSSR count). The molecular formula is C14H19N3OS. The van der Waals surface area contributed by atoms with Gasteiger partial charge in [-0.2, -0.15) is 5.26 Å². The second-order valence-electron chi connectivity index (χ2n) is 5.40. The minimum absolute atomic E-state index is 0.190. The molecule has 0 aliphatic heterocycles. The summed E-state index contributed by atoms with van der Waals surface area (Å²) >= 11 is 1.53. The molecule has 1 heterocycles. The van der Waals surface area contributed by atoms with Crippen LogP contribution in [0, 0.1) is 17.2 Å². The Hall–Kier alpha value is -1.38. The molecule has 0 spiro atoms. The third-order valence-electron chi connectivity index (χ3n) is 3.33. The third kappa shape index (κ3) is 2.96. The molecule has 0 fully saturated rings. The summed E-state index contributed by atoms with van der Waals surface area (Å²) in [5, 5.41) is 12.7. The topological polar surface area (TPSA) is 78.9 Å². The summed E-state index contributed by atoms with van der Waals surface area (Å²) in [5.41, 5.74) is 7.63. The number of fused-ring (bicyclic) bond motifs is 1. The van der Waals surface area contributed by atoms with Gasteiger partial charge in [0.2, 0.25) is 5.91 Å². The first-order chi connectivity index (χ1) is 9.02. The molecule has 1 aromatic heterocycles. The first-order valence-corrected chi connectivity index (χ1v) is 7.45. The van der Waals surface area contributed by atoms with E-state index < -0.39 is 6.04 Å². The van der Waals surface area contributed by atoms with Crippen LogP contribution >= 0.6 is 11.3 Å². The fourth-order valence-corrected chi connectivity index (χ4v) is 3.67. The summed E-state index contributed by atoms with van der Waals surface area (Å²) in [5.74, 6) is 0.189. The van der Waals surface area contributed by atoms with E-state index in [9.17, 15) is 10.1 Å². The van der Waals surface area contributed by atoms with Crippen molar-refractivity contribution in [2.45, 2.75) is 45.6 Å². The number of carbonyl (C=O) groups excluding carboxylic acids is 1. The Morgan fingerprint density at radius 1 is 1.53 bits per heavy atom. The van der Waals surface area contributed by atoms with Gasteiger partial charge in [0.15, 0.2) is 0 Å². The maximum absolute atomic E-state index is 12.0. The van der Waals surface area contributed by atoms with Crippen molar-refractivity contribution < 1.29 is 4.79 Å². The van der Waals surface area contributed by atoms with Crippen molar-refractivity contribution in [1.82, 2.24) is 0 Å². The molecule has 1 aromatic rings. The highest BCUT2D eigenvalue weighted by molar-refractivity contribution is 7.16. The van der Waals surface area contributed by atoms with Crippen molar-refractivity contribution in [1.29, 1.82) is 5.26 Å². The van der Waals surface area contributed by atoms with Crippen LogP contribution in [0.3, 0.4) is 0 Å². The number of hydrogen-bond donors (Lipinski definition) is 2. The predicted molar refractivity (Wildman–Crippen MR) is 77.1 cm³/mol. The van der Waals surface area contributed by atoms with E-state index in [1.54, 1.807) is 0 Å². The summed E-state index contributed by atoms with van der Waals surface area (Å²) in [7, 11) is 0. The highest BCUT2D eigenvalue weighted by atomic mass is 32.1. The van der Waals surface area contributed by atoms with E-state index in [-0.39, 0.29) is 5.91 Å². The zero-order valence-corrected chi connectivity index (χ0v) is 12.1. The van der Waals surface area contributed by atoms with E-state index in [1.807, 2.05) is 13.8 Å². The summed E-state index contributed by atoms with van der Waals surface area (Å²) in [4.78, 5) is 13.2. The Labute approximate surface area is 117 Å². The molecule has 1 aliphatic carbocycles. The number of nitrogens with one attached hydrogen (secondary N) is 1. The van der Waals surface area contributed by atoms with Crippen LogP contribution in [-0.4, -0.2) is 11.9 Å². The number of hydrogen-bond acceptors (Lipinski definition) is 4. The van der Waals surface area contributed by atoms with Gasteiger partial charge in [-0.1, -0.05) is 13.8 Å². The molecule has 3 N–H and O–H groups in total. The summed E-state index contributed by atoms with van der Waals surface area (Å²) in [6.45, 7) is 4.07. The van der Waals surface area contributed by atoms with Crippen molar-refractivity contribution in [2.75, 3.05) is 5.32 Å². The number of carbonyl (C=O) groups is 1. The van der Waals surface area contributed by atoms with Crippen LogP contribution in [0.5, 0.6) is 0 Å². The van der Waals surface area contributed by atoms with Crippen molar-refractivity contribution >= 4 is 22.2 Å². The molecule has 0 saturated heterocycles. The van der Waals surface area contributed by atoms with Gasteiger partial charge in [-0.05, 0) is 37.2 Å². The number of nitriles is 1. The molecular weight excluding hydrogens is 258 g/mol. The van der Waals surface area contributed by atoms with Crippen molar-refractivity contribution in [3.63, 3.8) is 0 Å². The third-order valence-corrected chi connectivity index (χ3v) is 4.54. The van der Waals surface area contributed by atoms with E-state index in [2.05, 4.69) is 11.4 Å². The normalized spacial score (nSPS) is 15.1. The monoisotopic (exact) mass is 277 g/mol. The minimum atomic E-state index is -0.511. The van der Waals surface area contributed by atoms with Crippen LogP contribution in [0.25, 0.3) is 0 Å². The number of aryl methyl sites for hydroxylation is 1. The van der Waals surface area contributed by atoms with Crippen molar-refractivity contribution in [2.24, 2.45) is 11.7 Å². The molecule has 1 aliphatic rings. The average molecular weight is 277 g/mol. The second kappa shape index (κ2) is 5.72. The first kappa shape index (κ1) is 14.0. The maximum atomic E-state index is 12.0. The largest absolute Gasteiger partial charge is 0.320 e. The van der Waals surface area contributed by atoms with Crippen LogP contribution in [0.1, 0.15) is 42.7 Å². The molecule has 5 heteroatoms. The fraction of sp³-hybridized carbons (Fsp3) is 0.571. The summed E-state index contributed by atoms with van der Waals surface area (Å²) in [6.07, 6.45) is 3.72. The molecule has 102 valence electrons. The lowest BCUT2D eigenvalue weighted by Gasteiger charge is -2.13. The lowest BCUT2D eigenvalue weighted by Crippen LogP contribution is -2.36. The van der Waals surface area contributed by atoms with Gasteiger partial charge in [0.1, 0.15) is 11.1 Å². The Bertz CT molecular complexity index is 528. The first-order valence-electron chi connectivity index (χ1n) is 6.64. The number of amides is 1. The van der Waals surface area contributed by atoms with Gasteiger partial charge in [-0.25, -0.2) is 0 Å². The Morgan fingerprint density at radius 2 is 2.26 bits per heavy atom. The summed E-state index contributed by atoms with van der Waals surface area (Å²) in [6, 6.07) is 1.71. The van der Waals surface area contributed by atoms with E-state index in [0.717, 1.165) is 24.8 Å². The lowest BCUT2D eigenvalue weighted by molar-refractivity contribution is -0.117. The van der Waals surface area contributed by atoms with E-state index in [4.69, 9.17) is 5.73 Å². The Balaban J connectivity index is 2.12. The zero-order valence-electron chi connectivity index (χ0n) is 11.3. The van der Waals surface area contributed by atoms with Gasteiger partial charge in [-0.15, -0.1) is 11.3 Å². The van der Waals surface area contributed by atoms with E-state index in [0.29, 0.717) is 22.9 Å². The van der Waals surface area contributed by atoms with Crippen LogP contribution in [0.4, 0.5) is 5.00 Å². The lowest BCUT2D eigenvalue weighted by atomic mass is 10.0. The van der Waals surface area contributed by atoms with E-state index in [1.165, 1.54) is 16.2 Å². The van der Waals surface area contributed by atoms with Crippen LogP contribution in [-0.2, 0) is 17.6 Å². The number of nitrogens with zero attached hydrogens (tertiary/aromatic N) is 1. The van der Waals surface area contributed by atoms with Gasteiger partial charge in [0.05, 0.1) is 11.6 Å². The molecule has 1 amide bonds. The number of thiophene rings is 1. The molecule has 0 radical (unpaired) electrons. The van der Waals surface area contributed by atoms with Crippen LogP contribution in [0.15, 0.2) is 0 Å². The SMILES string of the molecule is CC(C)CC(N)C(=O)Nc1sc2c(c1C#N)CCC2. The molecule has 0 bridgehead atoms. The maximum Gasteiger partial charge on any atom is 0.241 e. The number of anilines is 1. The standard InChI is InChI=1S/C14H19N3OS/c1-8(2)6-11(16)13(18)17-14-10(7-15)9-4-3-5-12(9)19-14/h8,11H,3-6,16H2,1-2H3,(H,17,18). The molecule has 0 aromatic carbocycles. The Morgan fingerprint density at radius 3 is 2.89 bits per heavy atom. The predicted octanol–water partition coefficient (Wildman–Crippen LogP) is 2.42. The highest BCUT2D eigenvalue weighted by Gasteiger charge is 2.24. The number of rotatable bonds is 4. The number of nitrogens with two attached hydrogens (primary N) is 1. The summed E-state index contributed by atoms with van der Waals surface area (Å²) < 4.78 is 0. The highest BCUT2D eigenvalue weighted by Crippen LogP contribution is 2.38. The quantitative estimate of drug-likeness (QED) is 0.887. The Kier molecular flexibility index (Phi) is 4.23. The van der Waals surface area contributed by atoms with Gasteiger partial charge < -0.3 is 11.1 Å². The smallest absolute Gasteiger partial charge is 0.241 e. The zero-order chi connectivity index (χ0) is 14.0. The molecule has 1 unspecified atom stereocenters. The minimum Gasteiger partial charge on any atom is -0.320 e. The van der Waals surface area contributed by atoms with Gasteiger partial charge >= 0.3 is 0 Å². The van der Waals surface area contributed by atoms with Gasteiger partial charge in [0.25, 0.3) is 0 Å². The van der Waals surface area contributed by atoms with Crippen molar-refractivity contribution in [3.05, 3.63) is 16.0 Å². The molecule has 0 saturated carbocycles. The van der Waals surface area contributed by atoms with Crippen molar-refractivity contribution in [3.8, 4) is 6.07 Å². The molecule has 4 nitrogen and oxygen atoms in total. The van der Waals surface area contributed by atoms with Gasteiger partial charge in [0, 0.05) is 4.88 Å². The van der Waals surface area contributed by atoms with Gasteiger partial charge in [-0.3, -0.25) is 4.79 Å². The van der Waals surface area contributed by atoms with Crippen LogP contribution < -0.4 is 11.1 Å². The van der Waals surface area contributed by atoms with E-state index >= 15 is 0 Å². The molecule has 19 heavy (non-hydrogen) atoms. The van der Waals surface area contributed by atoms with Crippen LogP contribution in [0.2, 0.25) is 0 Å².